The standard InChI is InChI=1S/C28H27N5/c1-19-9-11-31(16-20(19)2)25-7-8-26-24(13-25)18-32-17-23(22-5-3-21(15-29)4-6-22)14-27(32)28-30-10-12-33(26)28/h3-8,10,12-14,17,19-20H,9,11,16,18H2,1-2H3/t19-,20?/m0/s1. The van der Waals surface area contributed by atoms with Crippen LogP contribution in [0.1, 0.15) is 31.4 Å². The van der Waals surface area contributed by atoms with Gasteiger partial charge in [-0.1, -0.05) is 26.0 Å². The molecule has 0 bridgehead atoms. The number of piperidine rings is 1. The second-order valence-corrected chi connectivity index (χ2v) is 9.55. The lowest BCUT2D eigenvalue weighted by atomic mass is 9.88. The Morgan fingerprint density at radius 2 is 1.85 bits per heavy atom. The lowest BCUT2D eigenvalue weighted by molar-refractivity contribution is 0.324. The van der Waals surface area contributed by atoms with Gasteiger partial charge in [0.2, 0.25) is 0 Å². The summed E-state index contributed by atoms with van der Waals surface area (Å²) in [4.78, 5) is 7.26. The van der Waals surface area contributed by atoms with E-state index in [1.54, 1.807) is 0 Å². The number of nitriles is 1. The van der Waals surface area contributed by atoms with E-state index < -0.39 is 0 Å². The topological polar surface area (TPSA) is 49.8 Å². The van der Waals surface area contributed by atoms with Gasteiger partial charge in [-0.05, 0) is 65.8 Å². The first kappa shape index (κ1) is 19.9. The van der Waals surface area contributed by atoms with Crippen LogP contribution in [0.25, 0.3) is 28.3 Å². The molecule has 6 rings (SSSR count). The van der Waals surface area contributed by atoms with Crippen molar-refractivity contribution in [2.45, 2.75) is 26.8 Å². The van der Waals surface area contributed by atoms with Crippen molar-refractivity contribution in [1.29, 1.82) is 5.26 Å². The van der Waals surface area contributed by atoms with Gasteiger partial charge in [0.15, 0.2) is 5.82 Å². The zero-order valence-electron chi connectivity index (χ0n) is 19.1. The first-order valence-electron chi connectivity index (χ1n) is 11.7. The third-order valence-electron chi connectivity index (χ3n) is 7.48. The SMILES string of the molecule is CC1CN(c2ccc3c(c2)Cn2cc(-c4ccc(C#N)cc4)cc2-c2nccn2-3)CC[C@@H]1C. The van der Waals surface area contributed by atoms with Crippen molar-refractivity contribution >= 4 is 5.69 Å². The molecule has 0 spiro atoms. The Bertz CT molecular complexity index is 1370. The van der Waals surface area contributed by atoms with E-state index >= 15 is 0 Å². The van der Waals surface area contributed by atoms with E-state index in [9.17, 15) is 0 Å². The molecule has 4 aromatic rings. The summed E-state index contributed by atoms with van der Waals surface area (Å²) in [5.41, 5.74) is 7.86. The summed E-state index contributed by atoms with van der Waals surface area (Å²) in [6, 6.07) is 19.1. The smallest absolute Gasteiger partial charge is 0.161 e. The number of benzene rings is 2. The molecule has 0 aliphatic carbocycles. The summed E-state index contributed by atoms with van der Waals surface area (Å²) in [6.45, 7) is 7.79. The summed E-state index contributed by atoms with van der Waals surface area (Å²) in [7, 11) is 0. The number of imidazole rings is 1. The van der Waals surface area contributed by atoms with Crippen molar-refractivity contribution in [3.05, 3.63) is 78.2 Å². The molecular formula is C28H27N5. The van der Waals surface area contributed by atoms with Crippen LogP contribution in [0.15, 0.2) is 67.1 Å². The van der Waals surface area contributed by atoms with Crippen LogP contribution < -0.4 is 4.90 Å². The summed E-state index contributed by atoms with van der Waals surface area (Å²) >= 11 is 0. The van der Waals surface area contributed by atoms with Gasteiger partial charge >= 0.3 is 0 Å². The quantitative estimate of drug-likeness (QED) is 0.358. The van der Waals surface area contributed by atoms with Crippen LogP contribution in [0.2, 0.25) is 0 Å². The van der Waals surface area contributed by atoms with Gasteiger partial charge in [0, 0.05) is 49.5 Å². The monoisotopic (exact) mass is 433 g/mol. The van der Waals surface area contributed by atoms with E-state index in [0.717, 1.165) is 48.2 Å². The second-order valence-electron chi connectivity index (χ2n) is 9.55. The second kappa shape index (κ2) is 7.67. The van der Waals surface area contributed by atoms with E-state index in [1.807, 2.05) is 30.5 Å². The van der Waals surface area contributed by atoms with Gasteiger partial charge in [-0.15, -0.1) is 0 Å². The minimum atomic E-state index is 0.679. The molecule has 0 amide bonds. The fourth-order valence-electron chi connectivity index (χ4n) is 5.22. The van der Waals surface area contributed by atoms with Crippen molar-refractivity contribution in [3.63, 3.8) is 0 Å². The van der Waals surface area contributed by atoms with Gasteiger partial charge in [0.1, 0.15) is 0 Å². The van der Waals surface area contributed by atoms with Crippen LogP contribution in [0.4, 0.5) is 5.69 Å². The predicted octanol–water partition coefficient (Wildman–Crippen LogP) is 5.72. The maximum Gasteiger partial charge on any atom is 0.161 e. The molecule has 2 aromatic carbocycles. The van der Waals surface area contributed by atoms with Crippen molar-refractivity contribution in [3.8, 4) is 34.4 Å². The van der Waals surface area contributed by atoms with Gasteiger partial charge in [-0.25, -0.2) is 4.98 Å². The molecule has 5 nitrogen and oxygen atoms in total. The Labute approximate surface area is 194 Å². The molecule has 2 aromatic heterocycles. The Morgan fingerprint density at radius 3 is 2.64 bits per heavy atom. The lowest BCUT2D eigenvalue weighted by Gasteiger charge is -2.37. The zero-order valence-corrected chi connectivity index (χ0v) is 19.1. The minimum Gasteiger partial charge on any atom is -0.371 e. The molecule has 4 heterocycles. The van der Waals surface area contributed by atoms with Crippen LogP contribution in [0.5, 0.6) is 0 Å². The van der Waals surface area contributed by atoms with Gasteiger partial charge in [0.05, 0.1) is 23.0 Å². The van der Waals surface area contributed by atoms with Crippen LogP contribution in [-0.2, 0) is 6.54 Å². The molecule has 2 atom stereocenters. The third kappa shape index (κ3) is 3.34. The van der Waals surface area contributed by atoms with Crippen LogP contribution in [0.3, 0.4) is 0 Å². The van der Waals surface area contributed by atoms with Crippen LogP contribution in [0, 0.1) is 23.2 Å². The lowest BCUT2D eigenvalue weighted by Crippen LogP contribution is -2.38. The van der Waals surface area contributed by atoms with Crippen molar-refractivity contribution in [1.82, 2.24) is 14.1 Å². The number of hydrogen-bond donors (Lipinski definition) is 0. The molecule has 1 unspecified atom stereocenters. The molecule has 2 aliphatic rings. The van der Waals surface area contributed by atoms with Crippen molar-refractivity contribution in [2.75, 3.05) is 18.0 Å². The number of anilines is 1. The number of rotatable bonds is 2. The van der Waals surface area contributed by atoms with Gasteiger partial charge in [0.25, 0.3) is 0 Å². The fraction of sp³-hybridized carbons (Fsp3) is 0.286. The molecular weight excluding hydrogens is 406 g/mol. The predicted molar refractivity (Wildman–Crippen MR) is 131 cm³/mol. The van der Waals surface area contributed by atoms with Crippen molar-refractivity contribution in [2.24, 2.45) is 11.8 Å². The summed E-state index contributed by atoms with van der Waals surface area (Å²) < 4.78 is 4.52. The average molecular weight is 434 g/mol. The highest BCUT2D eigenvalue weighted by molar-refractivity contribution is 5.72. The first-order chi connectivity index (χ1) is 16.1. The number of fused-ring (bicyclic) bond motifs is 5. The molecule has 1 fully saturated rings. The minimum absolute atomic E-state index is 0.679. The normalized spacial score (nSPS) is 19.2. The van der Waals surface area contributed by atoms with E-state index in [2.05, 4.69) is 70.6 Å². The van der Waals surface area contributed by atoms with Crippen LogP contribution in [-0.4, -0.2) is 27.2 Å². The highest BCUT2D eigenvalue weighted by atomic mass is 15.2. The maximum atomic E-state index is 9.12. The molecule has 33 heavy (non-hydrogen) atoms. The summed E-state index contributed by atoms with van der Waals surface area (Å²) in [5.74, 6) is 2.46. The molecule has 2 aliphatic heterocycles. The number of aromatic nitrogens is 3. The third-order valence-corrected chi connectivity index (χ3v) is 7.48. The van der Waals surface area contributed by atoms with E-state index in [4.69, 9.17) is 10.2 Å². The summed E-state index contributed by atoms with van der Waals surface area (Å²) in [5, 5.41) is 9.12. The van der Waals surface area contributed by atoms with E-state index in [0.29, 0.717) is 11.5 Å². The molecule has 5 heteroatoms. The first-order valence-corrected chi connectivity index (χ1v) is 11.7. The fourth-order valence-corrected chi connectivity index (χ4v) is 5.22. The zero-order chi connectivity index (χ0) is 22.5. The van der Waals surface area contributed by atoms with Gasteiger partial charge < -0.3 is 9.47 Å². The van der Waals surface area contributed by atoms with Crippen molar-refractivity contribution < 1.29 is 0 Å². The van der Waals surface area contributed by atoms with E-state index in [1.165, 1.54) is 23.4 Å². The highest BCUT2D eigenvalue weighted by Gasteiger charge is 2.25. The molecule has 164 valence electrons. The number of nitrogens with zero attached hydrogens (tertiary/aromatic N) is 5. The molecule has 0 saturated carbocycles. The Morgan fingerprint density at radius 1 is 1.00 bits per heavy atom. The molecule has 0 radical (unpaired) electrons. The Kier molecular flexibility index (Phi) is 4.62. The van der Waals surface area contributed by atoms with Gasteiger partial charge in [-0.2, -0.15) is 5.26 Å². The Hall–Kier alpha value is -3.78. The summed E-state index contributed by atoms with van der Waals surface area (Å²) in [6.07, 6.45) is 7.40. The average Bonchev–Trinajstić information content (AvgIpc) is 3.46. The molecule has 1 saturated heterocycles. The van der Waals surface area contributed by atoms with Crippen LogP contribution >= 0.6 is 0 Å². The highest BCUT2D eigenvalue weighted by Crippen LogP contribution is 2.36. The van der Waals surface area contributed by atoms with Gasteiger partial charge in [-0.3, -0.25) is 4.57 Å². The maximum absolute atomic E-state index is 9.12. The Balaban J connectivity index is 1.41. The largest absolute Gasteiger partial charge is 0.371 e. The number of hydrogen-bond acceptors (Lipinski definition) is 3. The molecule has 0 N–H and O–H groups in total. The van der Waals surface area contributed by atoms with E-state index in [-0.39, 0.29) is 0 Å².